The van der Waals surface area contributed by atoms with Crippen molar-refractivity contribution in [3.8, 4) is 11.5 Å². The first-order valence-electron chi connectivity index (χ1n) is 12.3. The molecular weight excluding hydrogens is 450 g/mol. The van der Waals surface area contributed by atoms with Crippen LogP contribution in [-0.4, -0.2) is 43.1 Å². The summed E-state index contributed by atoms with van der Waals surface area (Å²) < 4.78 is 10.9. The van der Waals surface area contributed by atoms with E-state index >= 15 is 0 Å². The van der Waals surface area contributed by atoms with Crippen LogP contribution < -0.4 is 14.8 Å². The summed E-state index contributed by atoms with van der Waals surface area (Å²) in [5, 5.41) is 4.98. The molecule has 4 aromatic rings. The van der Waals surface area contributed by atoms with Gasteiger partial charge in [-0.1, -0.05) is 36.4 Å². The van der Waals surface area contributed by atoms with Crippen molar-refractivity contribution in [2.24, 2.45) is 0 Å². The van der Waals surface area contributed by atoms with Crippen LogP contribution in [0.4, 0.5) is 5.69 Å². The average molecular weight is 482 g/mol. The Morgan fingerprint density at radius 2 is 1.67 bits per heavy atom. The van der Waals surface area contributed by atoms with Crippen molar-refractivity contribution in [3.63, 3.8) is 0 Å². The molecule has 1 aliphatic heterocycles. The normalized spacial score (nSPS) is 13.3. The third kappa shape index (κ3) is 5.34. The number of nitrogens with one attached hydrogen (secondary N) is 1. The number of benzene rings is 3. The first kappa shape index (κ1) is 23.8. The second kappa shape index (κ2) is 10.8. The predicted molar refractivity (Wildman–Crippen MR) is 143 cm³/mol. The number of methoxy groups -OCH3 is 2. The maximum Gasteiger partial charge on any atom is 0.274 e. The molecule has 0 radical (unpaired) electrons. The summed E-state index contributed by atoms with van der Waals surface area (Å²) in [6, 6.07) is 22.1. The summed E-state index contributed by atoms with van der Waals surface area (Å²) in [5.74, 6) is 1.40. The Morgan fingerprint density at radius 3 is 2.42 bits per heavy atom. The molecule has 0 aliphatic carbocycles. The standard InChI is InChI=1S/C30H31N3O3/c1-35-28-17-23-13-15-33(20-25(23)18-29(28)36-2)14-5-6-21-9-11-26(12-10-21)32-30(34)27-16-22-7-3-4-8-24(22)19-31-27/h3-4,7-12,16-19H,5-6,13-15,20H2,1-2H3,(H,32,34). The summed E-state index contributed by atoms with van der Waals surface area (Å²) in [6.45, 7) is 3.03. The van der Waals surface area contributed by atoms with Crippen LogP contribution in [0.15, 0.2) is 72.9 Å². The number of anilines is 1. The van der Waals surface area contributed by atoms with E-state index in [2.05, 4.69) is 39.5 Å². The lowest BCUT2D eigenvalue weighted by atomic mass is 9.98. The molecular formula is C30H31N3O3. The molecule has 6 nitrogen and oxygen atoms in total. The molecule has 1 aliphatic rings. The van der Waals surface area contributed by atoms with Crippen molar-refractivity contribution in [2.75, 3.05) is 32.6 Å². The van der Waals surface area contributed by atoms with Crippen LogP contribution in [0, 0.1) is 0 Å². The molecule has 3 aromatic carbocycles. The Labute approximate surface area is 211 Å². The number of rotatable bonds is 8. The Bertz CT molecular complexity index is 1370. The van der Waals surface area contributed by atoms with Crippen LogP contribution in [0.1, 0.15) is 33.6 Å². The number of aromatic nitrogens is 1. The molecule has 0 spiro atoms. The Kier molecular flexibility index (Phi) is 7.14. The van der Waals surface area contributed by atoms with Gasteiger partial charge in [-0.2, -0.15) is 0 Å². The molecule has 5 rings (SSSR count). The van der Waals surface area contributed by atoms with Crippen molar-refractivity contribution < 1.29 is 14.3 Å². The minimum atomic E-state index is -0.201. The first-order valence-corrected chi connectivity index (χ1v) is 12.3. The number of pyridine rings is 1. The number of ether oxygens (including phenoxy) is 2. The van der Waals surface area contributed by atoms with E-state index in [4.69, 9.17) is 9.47 Å². The number of hydrogen-bond donors (Lipinski definition) is 1. The quantitative estimate of drug-likeness (QED) is 0.360. The van der Waals surface area contributed by atoms with Gasteiger partial charge in [0.15, 0.2) is 11.5 Å². The third-order valence-corrected chi connectivity index (χ3v) is 6.81. The van der Waals surface area contributed by atoms with Crippen molar-refractivity contribution in [3.05, 3.63) is 95.3 Å². The highest BCUT2D eigenvalue weighted by Crippen LogP contribution is 2.33. The Morgan fingerprint density at radius 1 is 0.944 bits per heavy atom. The Balaban J connectivity index is 1.12. The van der Waals surface area contributed by atoms with Gasteiger partial charge in [0.05, 0.1) is 14.2 Å². The molecule has 184 valence electrons. The van der Waals surface area contributed by atoms with Gasteiger partial charge in [0, 0.05) is 30.4 Å². The number of carbonyl (C=O) groups excluding carboxylic acids is 1. The maximum atomic E-state index is 12.7. The van der Waals surface area contributed by atoms with E-state index in [-0.39, 0.29) is 5.91 Å². The van der Waals surface area contributed by atoms with Crippen LogP contribution in [0.5, 0.6) is 11.5 Å². The smallest absolute Gasteiger partial charge is 0.274 e. The molecule has 1 amide bonds. The molecule has 0 atom stereocenters. The number of hydrogen-bond acceptors (Lipinski definition) is 5. The molecule has 0 bridgehead atoms. The number of fused-ring (bicyclic) bond motifs is 2. The van der Waals surface area contributed by atoms with E-state index in [1.54, 1.807) is 20.4 Å². The molecule has 36 heavy (non-hydrogen) atoms. The van der Waals surface area contributed by atoms with Crippen molar-refractivity contribution in [1.82, 2.24) is 9.88 Å². The van der Waals surface area contributed by atoms with Gasteiger partial charge in [-0.15, -0.1) is 0 Å². The molecule has 1 N–H and O–H groups in total. The van der Waals surface area contributed by atoms with E-state index in [9.17, 15) is 4.79 Å². The van der Waals surface area contributed by atoms with E-state index in [0.717, 1.165) is 66.9 Å². The van der Waals surface area contributed by atoms with Gasteiger partial charge in [0.1, 0.15) is 5.69 Å². The zero-order valence-electron chi connectivity index (χ0n) is 20.8. The van der Waals surface area contributed by atoms with Crippen LogP contribution in [-0.2, 0) is 19.4 Å². The second-order valence-corrected chi connectivity index (χ2v) is 9.17. The molecule has 0 unspecified atom stereocenters. The van der Waals surface area contributed by atoms with Gasteiger partial charge < -0.3 is 14.8 Å². The fraction of sp³-hybridized carbons (Fsp3) is 0.267. The number of nitrogens with zero attached hydrogens (tertiary/aromatic N) is 2. The zero-order valence-corrected chi connectivity index (χ0v) is 20.8. The second-order valence-electron chi connectivity index (χ2n) is 9.17. The minimum Gasteiger partial charge on any atom is -0.493 e. The summed E-state index contributed by atoms with van der Waals surface area (Å²) in [7, 11) is 3.36. The highest BCUT2D eigenvalue weighted by Gasteiger charge is 2.19. The third-order valence-electron chi connectivity index (χ3n) is 6.81. The highest BCUT2D eigenvalue weighted by atomic mass is 16.5. The van der Waals surface area contributed by atoms with Gasteiger partial charge in [-0.3, -0.25) is 14.7 Å². The van der Waals surface area contributed by atoms with Gasteiger partial charge >= 0.3 is 0 Å². The monoisotopic (exact) mass is 481 g/mol. The fourth-order valence-corrected chi connectivity index (χ4v) is 4.80. The predicted octanol–water partition coefficient (Wildman–Crippen LogP) is 5.50. The van der Waals surface area contributed by atoms with Crippen molar-refractivity contribution in [1.29, 1.82) is 0 Å². The zero-order chi connectivity index (χ0) is 24.9. The van der Waals surface area contributed by atoms with Gasteiger partial charge in [-0.25, -0.2) is 0 Å². The highest BCUT2D eigenvalue weighted by molar-refractivity contribution is 6.04. The fourth-order valence-electron chi connectivity index (χ4n) is 4.80. The van der Waals surface area contributed by atoms with Crippen molar-refractivity contribution >= 4 is 22.4 Å². The summed E-state index contributed by atoms with van der Waals surface area (Å²) in [6.07, 6.45) is 4.84. The average Bonchev–Trinajstić information content (AvgIpc) is 2.92. The largest absolute Gasteiger partial charge is 0.493 e. The van der Waals surface area contributed by atoms with Crippen LogP contribution in [0.3, 0.4) is 0 Å². The molecule has 2 heterocycles. The van der Waals surface area contributed by atoms with E-state index in [1.165, 1.54) is 16.7 Å². The van der Waals surface area contributed by atoms with Gasteiger partial charge in [0.2, 0.25) is 0 Å². The van der Waals surface area contributed by atoms with Gasteiger partial charge in [-0.05, 0) is 78.2 Å². The van der Waals surface area contributed by atoms with Crippen molar-refractivity contribution in [2.45, 2.75) is 25.8 Å². The first-order chi connectivity index (χ1) is 17.6. The number of amides is 1. The molecule has 0 fully saturated rings. The van der Waals surface area contributed by atoms with E-state index in [1.807, 2.05) is 42.5 Å². The lowest BCUT2D eigenvalue weighted by Crippen LogP contribution is -2.31. The van der Waals surface area contributed by atoms with E-state index in [0.29, 0.717) is 5.69 Å². The van der Waals surface area contributed by atoms with Crippen LogP contribution in [0.25, 0.3) is 10.8 Å². The topological polar surface area (TPSA) is 63.7 Å². The van der Waals surface area contributed by atoms with Crippen LogP contribution in [0.2, 0.25) is 0 Å². The lowest BCUT2D eigenvalue weighted by Gasteiger charge is -2.29. The lowest BCUT2D eigenvalue weighted by molar-refractivity contribution is 0.102. The summed E-state index contributed by atoms with van der Waals surface area (Å²) >= 11 is 0. The minimum absolute atomic E-state index is 0.201. The SMILES string of the molecule is COc1cc2c(cc1OC)CN(CCCc1ccc(NC(=O)c3cc4ccccc4cn3)cc1)CC2. The molecule has 1 aromatic heterocycles. The Hall–Kier alpha value is -3.90. The number of carbonyl (C=O) groups is 1. The molecule has 6 heteroatoms. The summed E-state index contributed by atoms with van der Waals surface area (Å²) in [4.78, 5) is 19.5. The van der Waals surface area contributed by atoms with Gasteiger partial charge in [0.25, 0.3) is 5.91 Å². The maximum absolute atomic E-state index is 12.7. The number of aryl methyl sites for hydroxylation is 1. The van der Waals surface area contributed by atoms with Crippen LogP contribution >= 0.6 is 0 Å². The summed E-state index contributed by atoms with van der Waals surface area (Å²) in [5.41, 5.74) is 5.12. The van der Waals surface area contributed by atoms with E-state index < -0.39 is 0 Å². The molecule has 0 saturated heterocycles. The molecule has 0 saturated carbocycles.